The van der Waals surface area contributed by atoms with Gasteiger partial charge in [-0.05, 0) is 40.4 Å². The molecule has 1 aromatic carbocycles. The molecule has 1 aliphatic heterocycles. The number of hydrogen-bond donors (Lipinski definition) is 1. The second-order valence-corrected chi connectivity index (χ2v) is 7.65. The monoisotopic (exact) mass is 393 g/mol. The molecule has 1 aromatic rings. The van der Waals surface area contributed by atoms with Crippen LogP contribution in [0.2, 0.25) is 0 Å². The van der Waals surface area contributed by atoms with E-state index < -0.39 is 5.54 Å². The lowest BCUT2D eigenvalue weighted by Crippen LogP contribution is -2.47. The van der Waals surface area contributed by atoms with Crippen molar-refractivity contribution in [3.63, 3.8) is 0 Å². The van der Waals surface area contributed by atoms with E-state index in [0.29, 0.717) is 12.3 Å². The van der Waals surface area contributed by atoms with Crippen molar-refractivity contribution in [1.29, 1.82) is 0 Å². The van der Waals surface area contributed by atoms with Gasteiger partial charge in [-0.1, -0.05) is 44.2 Å². The zero-order valence-corrected chi connectivity index (χ0v) is 15.6. The van der Waals surface area contributed by atoms with Crippen molar-refractivity contribution in [3.05, 3.63) is 28.7 Å². The molecule has 2 aliphatic rings. The molecule has 0 saturated heterocycles. The minimum Gasteiger partial charge on any atom is -0.489 e. The van der Waals surface area contributed by atoms with Gasteiger partial charge in [-0.25, -0.2) is 4.99 Å². The number of hydrogen-bond acceptors (Lipinski definition) is 4. The third kappa shape index (κ3) is 3.43. The van der Waals surface area contributed by atoms with Gasteiger partial charge in [-0.3, -0.25) is 9.69 Å². The normalized spacial score (nSPS) is 25.0. The Morgan fingerprint density at radius 2 is 2.04 bits per heavy atom. The van der Waals surface area contributed by atoms with Crippen molar-refractivity contribution in [1.82, 2.24) is 4.90 Å². The lowest BCUT2D eigenvalue weighted by Gasteiger charge is -2.31. The SMILES string of the molecule is CN1C(=O)C(COc2ccccc2Br)(CC2CCCCC2)N=C1N. The molecule has 1 aliphatic carbocycles. The molecule has 6 heteroatoms. The number of carbonyl (C=O) groups is 1. The largest absolute Gasteiger partial charge is 0.489 e. The molecule has 1 fully saturated rings. The molecule has 0 radical (unpaired) electrons. The lowest BCUT2D eigenvalue weighted by atomic mass is 9.79. The van der Waals surface area contributed by atoms with Crippen LogP contribution in [0.3, 0.4) is 0 Å². The molecular weight excluding hydrogens is 370 g/mol. The fraction of sp³-hybridized carbons (Fsp3) is 0.556. The first-order valence-corrected chi connectivity index (χ1v) is 9.32. The van der Waals surface area contributed by atoms with Gasteiger partial charge in [-0.15, -0.1) is 0 Å². The number of carbonyl (C=O) groups excluding carboxylic acids is 1. The molecule has 0 aromatic heterocycles. The number of para-hydroxylation sites is 1. The molecule has 1 heterocycles. The van der Waals surface area contributed by atoms with E-state index in [4.69, 9.17) is 10.5 Å². The third-order valence-electron chi connectivity index (χ3n) is 5.03. The van der Waals surface area contributed by atoms with Crippen molar-refractivity contribution in [3.8, 4) is 5.75 Å². The average molecular weight is 394 g/mol. The van der Waals surface area contributed by atoms with Gasteiger partial charge in [-0.2, -0.15) is 0 Å². The van der Waals surface area contributed by atoms with Crippen LogP contribution in [0, 0.1) is 5.92 Å². The summed E-state index contributed by atoms with van der Waals surface area (Å²) in [6, 6.07) is 7.64. The molecule has 24 heavy (non-hydrogen) atoms. The first kappa shape index (κ1) is 17.3. The number of nitrogens with zero attached hydrogens (tertiary/aromatic N) is 2. The van der Waals surface area contributed by atoms with Crippen molar-refractivity contribution < 1.29 is 9.53 Å². The predicted octanol–water partition coefficient (Wildman–Crippen LogP) is 3.32. The summed E-state index contributed by atoms with van der Waals surface area (Å²) in [7, 11) is 1.68. The third-order valence-corrected chi connectivity index (χ3v) is 5.68. The highest BCUT2D eigenvalue weighted by atomic mass is 79.9. The predicted molar refractivity (Wildman–Crippen MR) is 98.0 cm³/mol. The molecule has 1 saturated carbocycles. The molecule has 1 atom stereocenters. The number of guanidine groups is 1. The molecule has 0 bridgehead atoms. The summed E-state index contributed by atoms with van der Waals surface area (Å²) in [6.45, 7) is 0.218. The maximum atomic E-state index is 12.9. The lowest BCUT2D eigenvalue weighted by molar-refractivity contribution is -0.132. The van der Waals surface area contributed by atoms with Crippen LogP contribution in [0.1, 0.15) is 38.5 Å². The Balaban J connectivity index is 1.80. The van der Waals surface area contributed by atoms with E-state index in [9.17, 15) is 4.79 Å². The van der Waals surface area contributed by atoms with Crippen LogP contribution in [0.4, 0.5) is 0 Å². The summed E-state index contributed by atoms with van der Waals surface area (Å²) >= 11 is 3.48. The minimum absolute atomic E-state index is 0.0578. The van der Waals surface area contributed by atoms with E-state index in [1.165, 1.54) is 24.2 Å². The fourth-order valence-corrected chi connectivity index (χ4v) is 4.07. The van der Waals surface area contributed by atoms with Crippen molar-refractivity contribution in [2.75, 3.05) is 13.7 Å². The summed E-state index contributed by atoms with van der Waals surface area (Å²) in [5.74, 6) is 1.45. The number of halogens is 1. The Morgan fingerprint density at radius 1 is 1.33 bits per heavy atom. The quantitative estimate of drug-likeness (QED) is 0.833. The van der Waals surface area contributed by atoms with Crippen LogP contribution in [-0.2, 0) is 4.79 Å². The van der Waals surface area contributed by atoms with E-state index >= 15 is 0 Å². The van der Waals surface area contributed by atoms with Crippen molar-refractivity contribution in [2.24, 2.45) is 16.6 Å². The number of benzene rings is 1. The number of ether oxygens (including phenoxy) is 1. The first-order chi connectivity index (χ1) is 11.5. The van der Waals surface area contributed by atoms with Crippen LogP contribution in [0.5, 0.6) is 5.75 Å². The van der Waals surface area contributed by atoms with Crippen LogP contribution in [0.15, 0.2) is 33.7 Å². The molecule has 5 nitrogen and oxygen atoms in total. The highest BCUT2D eigenvalue weighted by Gasteiger charge is 2.48. The average Bonchev–Trinajstić information content (AvgIpc) is 2.79. The Kier molecular flexibility index (Phi) is 5.13. The summed E-state index contributed by atoms with van der Waals surface area (Å²) in [5.41, 5.74) is 5.05. The topological polar surface area (TPSA) is 67.9 Å². The van der Waals surface area contributed by atoms with Gasteiger partial charge < -0.3 is 10.5 Å². The number of likely N-dealkylation sites (N-methyl/N-ethyl adjacent to an activating group) is 1. The van der Waals surface area contributed by atoms with E-state index in [0.717, 1.165) is 23.1 Å². The van der Waals surface area contributed by atoms with Crippen LogP contribution in [-0.4, -0.2) is 36.0 Å². The Hall–Kier alpha value is -1.56. The van der Waals surface area contributed by atoms with E-state index in [-0.39, 0.29) is 18.5 Å². The number of amides is 1. The molecule has 130 valence electrons. The summed E-state index contributed by atoms with van der Waals surface area (Å²) in [4.78, 5) is 18.9. The maximum absolute atomic E-state index is 12.9. The van der Waals surface area contributed by atoms with Gasteiger partial charge in [0.2, 0.25) is 0 Å². The maximum Gasteiger partial charge on any atom is 0.260 e. The summed E-state index contributed by atoms with van der Waals surface area (Å²) in [6.07, 6.45) is 6.77. The number of nitrogens with two attached hydrogens (primary N) is 1. The molecule has 1 amide bonds. The second kappa shape index (κ2) is 7.13. The molecule has 2 N–H and O–H groups in total. The van der Waals surface area contributed by atoms with Crippen LogP contribution >= 0.6 is 15.9 Å². The van der Waals surface area contributed by atoms with Gasteiger partial charge in [0.1, 0.15) is 12.4 Å². The Bertz CT molecular complexity index is 643. The van der Waals surface area contributed by atoms with Gasteiger partial charge >= 0.3 is 0 Å². The summed E-state index contributed by atoms with van der Waals surface area (Å²) < 4.78 is 6.84. The van der Waals surface area contributed by atoms with E-state index in [1.807, 2.05) is 24.3 Å². The fourth-order valence-electron chi connectivity index (χ4n) is 3.67. The van der Waals surface area contributed by atoms with Gasteiger partial charge in [0.15, 0.2) is 11.5 Å². The van der Waals surface area contributed by atoms with Crippen molar-refractivity contribution >= 4 is 27.8 Å². The Morgan fingerprint density at radius 3 is 2.67 bits per heavy atom. The minimum atomic E-state index is -0.893. The Labute approximate surface area is 151 Å². The number of rotatable bonds is 5. The standard InChI is InChI=1S/C18H24BrN3O2/c1-22-16(23)18(21-17(22)20,11-13-7-3-2-4-8-13)12-24-15-10-6-5-9-14(15)19/h5-6,9-10,13H,2-4,7-8,11-12H2,1H3,(H2,20,21). The molecule has 3 rings (SSSR count). The highest BCUT2D eigenvalue weighted by Crippen LogP contribution is 2.36. The van der Waals surface area contributed by atoms with Gasteiger partial charge in [0.05, 0.1) is 4.47 Å². The molecular formula is C18H24BrN3O2. The smallest absolute Gasteiger partial charge is 0.260 e. The van der Waals surface area contributed by atoms with E-state index in [1.54, 1.807) is 7.05 Å². The zero-order valence-electron chi connectivity index (χ0n) is 14.0. The van der Waals surface area contributed by atoms with Crippen molar-refractivity contribution in [2.45, 2.75) is 44.1 Å². The van der Waals surface area contributed by atoms with Crippen LogP contribution in [0.25, 0.3) is 0 Å². The van der Waals surface area contributed by atoms with E-state index in [2.05, 4.69) is 20.9 Å². The van der Waals surface area contributed by atoms with Crippen LogP contribution < -0.4 is 10.5 Å². The second-order valence-electron chi connectivity index (χ2n) is 6.79. The highest BCUT2D eigenvalue weighted by molar-refractivity contribution is 9.10. The molecule has 1 unspecified atom stereocenters. The zero-order chi connectivity index (χ0) is 17.2. The molecule has 0 spiro atoms. The summed E-state index contributed by atoms with van der Waals surface area (Å²) in [5, 5.41) is 0. The van der Waals surface area contributed by atoms with Gasteiger partial charge in [0.25, 0.3) is 5.91 Å². The first-order valence-electron chi connectivity index (χ1n) is 8.53. The number of aliphatic imine (C=N–C) groups is 1. The van der Waals surface area contributed by atoms with Gasteiger partial charge in [0, 0.05) is 7.05 Å².